The number of halogens is 4. The molecular formula is C23H16BrF3N2O3S. The van der Waals surface area contributed by atoms with Gasteiger partial charge in [-0.15, -0.1) is 0 Å². The number of fused-ring (bicyclic) bond motifs is 1. The molecule has 2 aromatic carbocycles. The summed E-state index contributed by atoms with van der Waals surface area (Å²) in [6, 6.07) is 13.9. The second kappa shape index (κ2) is 9.11. The number of aromatic nitrogens is 1. The van der Waals surface area contributed by atoms with Crippen molar-refractivity contribution in [2.24, 2.45) is 4.99 Å². The first kappa shape index (κ1) is 23.2. The van der Waals surface area contributed by atoms with Gasteiger partial charge in [0.15, 0.2) is 10.5 Å². The molecule has 1 unspecified atom stereocenters. The first-order valence-electron chi connectivity index (χ1n) is 9.81. The molecule has 5 nitrogen and oxygen atoms in total. The minimum Gasteiger partial charge on any atom is -0.463 e. The van der Waals surface area contributed by atoms with Crippen LogP contribution in [0.15, 0.2) is 80.1 Å². The van der Waals surface area contributed by atoms with E-state index in [9.17, 15) is 22.8 Å². The van der Waals surface area contributed by atoms with E-state index in [1.807, 2.05) is 0 Å². The van der Waals surface area contributed by atoms with E-state index < -0.39 is 35.0 Å². The Balaban J connectivity index is 2.04. The van der Waals surface area contributed by atoms with Gasteiger partial charge in [-0.3, -0.25) is 9.36 Å². The SMILES string of the molecule is CCOC(=O)C1=C(C(F)(F)F)N=c2sc(=Cc3ccc(Br)cc3)c(=O)n2C1c1ccccc1. The van der Waals surface area contributed by atoms with Gasteiger partial charge in [-0.2, -0.15) is 13.2 Å². The van der Waals surface area contributed by atoms with Crippen LogP contribution in [-0.2, 0) is 9.53 Å². The number of carbonyl (C=O) groups excluding carboxylic acids is 1. The van der Waals surface area contributed by atoms with E-state index in [1.54, 1.807) is 60.7 Å². The van der Waals surface area contributed by atoms with Crippen molar-refractivity contribution in [1.29, 1.82) is 0 Å². The predicted octanol–water partition coefficient (Wildman–Crippen LogP) is 4.10. The molecule has 170 valence electrons. The van der Waals surface area contributed by atoms with Gasteiger partial charge in [0.2, 0.25) is 0 Å². The summed E-state index contributed by atoms with van der Waals surface area (Å²) < 4.78 is 49.2. The van der Waals surface area contributed by atoms with Gasteiger partial charge in [-0.1, -0.05) is 69.7 Å². The molecule has 1 aliphatic rings. The highest BCUT2D eigenvalue weighted by molar-refractivity contribution is 9.10. The second-order valence-electron chi connectivity index (χ2n) is 7.03. The number of hydrogen-bond acceptors (Lipinski definition) is 5. The summed E-state index contributed by atoms with van der Waals surface area (Å²) in [5.74, 6) is -1.16. The smallest absolute Gasteiger partial charge is 0.434 e. The number of ether oxygens (including phenoxy) is 1. The minimum absolute atomic E-state index is 0.122. The Morgan fingerprint density at radius 1 is 1.18 bits per heavy atom. The van der Waals surface area contributed by atoms with Crippen molar-refractivity contribution in [3.05, 3.63) is 101 Å². The Bertz CT molecular complexity index is 1410. The number of thiazole rings is 1. The average molecular weight is 537 g/mol. The first-order valence-corrected chi connectivity index (χ1v) is 11.4. The summed E-state index contributed by atoms with van der Waals surface area (Å²) in [5.41, 5.74) is -1.57. The number of hydrogen-bond donors (Lipinski definition) is 0. The normalized spacial score (nSPS) is 16.4. The molecule has 1 aromatic heterocycles. The van der Waals surface area contributed by atoms with Gasteiger partial charge in [0.05, 0.1) is 22.8 Å². The van der Waals surface area contributed by atoms with Crippen LogP contribution >= 0.6 is 27.3 Å². The molecular weight excluding hydrogens is 521 g/mol. The van der Waals surface area contributed by atoms with E-state index in [-0.39, 0.29) is 15.9 Å². The number of allylic oxidation sites excluding steroid dienone is 1. The third-order valence-electron chi connectivity index (χ3n) is 4.88. The van der Waals surface area contributed by atoms with Crippen LogP contribution in [0.25, 0.3) is 6.08 Å². The molecule has 3 aromatic rings. The topological polar surface area (TPSA) is 60.7 Å². The van der Waals surface area contributed by atoms with Gasteiger partial charge in [0.1, 0.15) is 0 Å². The standard InChI is InChI=1S/C23H16BrF3N2O3S/c1-2-32-21(31)17-18(14-6-4-3-5-7-14)29-20(30)16(12-13-8-10-15(24)11-9-13)33-22(29)28-19(17)23(25,26)27/h3-12,18H,2H2,1H3. The minimum atomic E-state index is -4.92. The molecule has 1 aliphatic heterocycles. The molecule has 0 radical (unpaired) electrons. The van der Waals surface area contributed by atoms with Crippen LogP contribution in [0.4, 0.5) is 13.2 Å². The van der Waals surface area contributed by atoms with Crippen molar-refractivity contribution in [2.75, 3.05) is 6.61 Å². The van der Waals surface area contributed by atoms with Gasteiger partial charge in [-0.05, 0) is 36.3 Å². The summed E-state index contributed by atoms with van der Waals surface area (Å²) in [7, 11) is 0. The highest BCUT2D eigenvalue weighted by atomic mass is 79.9. The Hall–Kier alpha value is -2.98. The number of esters is 1. The fraction of sp³-hybridized carbons (Fsp3) is 0.174. The van der Waals surface area contributed by atoms with Crippen molar-refractivity contribution < 1.29 is 22.7 Å². The molecule has 33 heavy (non-hydrogen) atoms. The average Bonchev–Trinajstić information content (AvgIpc) is 3.09. The van der Waals surface area contributed by atoms with Crippen LogP contribution < -0.4 is 14.9 Å². The molecule has 4 rings (SSSR count). The maximum absolute atomic E-state index is 14.0. The van der Waals surface area contributed by atoms with Gasteiger partial charge in [-0.25, -0.2) is 9.79 Å². The Labute approximate surface area is 198 Å². The molecule has 0 saturated heterocycles. The van der Waals surface area contributed by atoms with E-state index in [4.69, 9.17) is 4.74 Å². The molecule has 0 amide bonds. The van der Waals surface area contributed by atoms with Gasteiger partial charge < -0.3 is 4.74 Å². The maximum Gasteiger partial charge on any atom is 0.434 e. The lowest BCUT2D eigenvalue weighted by atomic mass is 9.95. The van der Waals surface area contributed by atoms with Crippen LogP contribution in [0, 0.1) is 0 Å². The van der Waals surface area contributed by atoms with E-state index in [1.165, 1.54) is 6.92 Å². The number of alkyl halides is 3. The number of benzene rings is 2. The predicted molar refractivity (Wildman–Crippen MR) is 121 cm³/mol. The van der Waals surface area contributed by atoms with Crippen molar-refractivity contribution in [3.63, 3.8) is 0 Å². The lowest BCUT2D eigenvalue weighted by molar-refractivity contribution is -0.140. The summed E-state index contributed by atoms with van der Waals surface area (Å²) in [6.45, 7) is 1.37. The van der Waals surface area contributed by atoms with Gasteiger partial charge in [0.25, 0.3) is 5.56 Å². The van der Waals surface area contributed by atoms with Crippen LogP contribution in [-0.4, -0.2) is 23.3 Å². The zero-order valence-electron chi connectivity index (χ0n) is 17.1. The molecule has 0 N–H and O–H groups in total. The highest BCUT2D eigenvalue weighted by Gasteiger charge is 2.45. The van der Waals surface area contributed by atoms with E-state index in [2.05, 4.69) is 20.9 Å². The Morgan fingerprint density at radius 3 is 2.45 bits per heavy atom. The fourth-order valence-electron chi connectivity index (χ4n) is 3.50. The second-order valence-corrected chi connectivity index (χ2v) is 8.95. The monoisotopic (exact) mass is 536 g/mol. The van der Waals surface area contributed by atoms with Crippen LogP contribution in [0.5, 0.6) is 0 Å². The van der Waals surface area contributed by atoms with Crippen LogP contribution in [0.2, 0.25) is 0 Å². The summed E-state index contributed by atoms with van der Waals surface area (Å²) in [4.78, 5) is 29.7. The zero-order valence-corrected chi connectivity index (χ0v) is 19.5. The van der Waals surface area contributed by atoms with Crippen molar-refractivity contribution >= 4 is 39.3 Å². The lowest BCUT2D eigenvalue weighted by Gasteiger charge is -2.26. The third kappa shape index (κ3) is 4.58. The summed E-state index contributed by atoms with van der Waals surface area (Å²) in [5, 5.41) is 0. The maximum atomic E-state index is 14.0. The van der Waals surface area contributed by atoms with E-state index in [0.29, 0.717) is 11.1 Å². The van der Waals surface area contributed by atoms with Crippen molar-refractivity contribution in [3.8, 4) is 0 Å². The summed E-state index contributed by atoms with van der Waals surface area (Å²) >= 11 is 4.17. The summed E-state index contributed by atoms with van der Waals surface area (Å²) in [6.07, 6.45) is -3.34. The van der Waals surface area contributed by atoms with E-state index in [0.717, 1.165) is 20.4 Å². The highest BCUT2D eigenvalue weighted by Crippen LogP contribution is 2.38. The van der Waals surface area contributed by atoms with Crippen LogP contribution in [0.1, 0.15) is 24.1 Å². The molecule has 0 fully saturated rings. The molecule has 0 bridgehead atoms. The number of carbonyl (C=O) groups is 1. The Kier molecular flexibility index (Phi) is 6.40. The lowest BCUT2D eigenvalue weighted by Crippen LogP contribution is -2.41. The van der Waals surface area contributed by atoms with Crippen molar-refractivity contribution in [1.82, 2.24) is 4.57 Å². The molecule has 1 atom stereocenters. The quantitative estimate of drug-likeness (QED) is 0.471. The Morgan fingerprint density at radius 2 is 1.85 bits per heavy atom. The zero-order chi connectivity index (χ0) is 23.8. The van der Waals surface area contributed by atoms with Crippen LogP contribution in [0.3, 0.4) is 0 Å². The van der Waals surface area contributed by atoms with Gasteiger partial charge >= 0.3 is 12.1 Å². The number of nitrogens with zero attached hydrogens (tertiary/aromatic N) is 2. The molecule has 0 spiro atoms. The first-order chi connectivity index (χ1) is 15.7. The van der Waals surface area contributed by atoms with E-state index >= 15 is 0 Å². The van der Waals surface area contributed by atoms with Crippen molar-refractivity contribution in [2.45, 2.75) is 19.1 Å². The van der Waals surface area contributed by atoms with Gasteiger partial charge in [0, 0.05) is 4.47 Å². The molecule has 10 heteroatoms. The molecule has 2 heterocycles. The number of rotatable bonds is 4. The largest absolute Gasteiger partial charge is 0.463 e. The molecule has 0 saturated carbocycles. The molecule has 0 aliphatic carbocycles. The third-order valence-corrected chi connectivity index (χ3v) is 6.39. The fourth-order valence-corrected chi connectivity index (χ4v) is 4.77.